The Kier molecular flexibility index (Phi) is 4.67. The SMILES string of the molecule is CCCC(C(=O)NC=O)N1C(=O)c2ccc(CN)cc2C1=O. The first kappa shape index (κ1) is 15.8. The summed E-state index contributed by atoms with van der Waals surface area (Å²) in [6.07, 6.45) is 1.11. The summed E-state index contributed by atoms with van der Waals surface area (Å²) in [5.74, 6) is -1.72. The number of hydrogen-bond acceptors (Lipinski definition) is 5. The van der Waals surface area contributed by atoms with Gasteiger partial charge in [-0.05, 0) is 24.1 Å². The highest BCUT2D eigenvalue weighted by Gasteiger charge is 2.42. The lowest BCUT2D eigenvalue weighted by Crippen LogP contribution is -2.49. The molecule has 22 heavy (non-hydrogen) atoms. The van der Waals surface area contributed by atoms with Gasteiger partial charge in [0, 0.05) is 6.54 Å². The fourth-order valence-corrected chi connectivity index (χ4v) is 2.52. The van der Waals surface area contributed by atoms with E-state index >= 15 is 0 Å². The van der Waals surface area contributed by atoms with Gasteiger partial charge in [-0.15, -0.1) is 0 Å². The minimum atomic E-state index is -0.996. The van der Waals surface area contributed by atoms with Crippen LogP contribution < -0.4 is 11.1 Å². The number of carbonyl (C=O) groups excluding carboxylic acids is 4. The first-order chi connectivity index (χ1) is 10.5. The topological polar surface area (TPSA) is 110 Å². The molecule has 0 radical (unpaired) electrons. The second-order valence-electron chi connectivity index (χ2n) is 5.00. The Hall–Kier alpha value is -2.54. The number of hydrogen-bond donors (Lipinski definition) is 2. The van der Waals surface area contributed by atoms with Crippen molar-refractivity contribution in [3.63, 3.8) is 0 Å². The van der Waals surface area contributed by atoms with Gasteiger partial charge in [0.05, 0.1) is 11.1 Å². The van der Waals surface area contributed by atoms with Crippen molar-refractivity contribution in [2.24, 2.45) is 5.73 Å². The molecule has 3 N–H and O–H groups in total. The summed E-state index contributed by atoms with van der Waals surface area (Å²) in [6, 6.07) is 3.78. The fourth-order valence-electron chi connectivity index (χ4n) is 2.52. The molecular formula is C15H17N3O4. The zero-order valence-electron chi connectivity index (χ0n) is 12.2. The van der Waals surface area contributed by atoms with Crippen molar-refractivity contribution >= 4 is 24.1 Å². The number of nitrogens with one attached hydrogen (secondary N) is 1. The summed E-state index contributed by atoms with van der Waals surface area (Å²) in [7, 11) is 0. The highest BCUT2D eigenvalue weighted by Crippen LogP contribution is 2.27. The van der Waals surface area contributed by atoms with Gasteiger partial charge in [0.1, 0.15) is 6.04 Å². The fraction of sp³-hybridized carbons (Fsp3) is 0.333. The molecule has 116 valence electrons. The van der Waals surface area contributed by atoms with Gasteiger partial charge in [-0.1, -0.05) is 19.4 Å². The van der Waals surface area contributed by atoms with Gasteiger partial charge in [0.15, 0.2) is 0 Å². The van der Waals surface area contributed by atoms with Crippen LogP contribution in [0.1, 0.15) is 46.0 Å². The van der Waals surface area contributed by atoms with Gasteiger partial charge < -0.3 is 5.73 Å². The van der Waals surface area contributed by atoms with Crippen LogP contribution in [0.4, 0.5) is 0 Å². The van der Waals surface area contributed by atoms with Crippen molar-refractivity contribution in [2.45, 2.75) is 32.4 Å². The van der Waals surface area contributed by atoms with Crippen LogP contribution in [-0.2, 0) is 16.1 Å². The van der Waals surface area contributed by atoms with E-state index in [1.54, 1.807) is 18.2 Å². The molecule has 1 atom stereocenters. The van der Waals surface area contributed by atoms with Crippen LogP contribution in [0.15, 0.2) is 18.2 Å². The summed E-state index contributed by atoms with van der Waals surface area (Å²) in [5.41, 5.74) is 6.76. The van der Waals surface area contributed by atoms with E-state index in [0.29, 0.717) is 6.42 Å². The van der Waals surface area contributed by atoms with Crippen LogP contribution in [0, 0.1) is 0 Å². The molecule has 1 aromatic rings. The van der Waals surface area contributed by atoms with Crippen LogP contribution in [0.2, 0.25) is 0 Å². The summed E-state index contributed by atoms with van der Waals surface area (Å²) < 4.78 is 0. The van der Waals surface area contributed by atoms with Crippen molar-refractivity contribution < 1.29 is 19.2 Å². The second kappa shape index (κ2) is 6.48. The van der Waals surface area contributed by atoms with Gasteiger partial charge in [-0.3, -0.25) is 29.4 Å². The van der Waals surface area contributed by atoms with E-state index < -0.39 is 23.8 Å². The van der Waals surface area contributed by atoms with Crippen LogP contribution in [0.3, 0.4) is 0 Å². The summed E-state index contributed by atoms with van der Waals surface area (Å²) >= 11 is 0. The van der Waals surface area contributed by atoms with E-state index in [2.05, 4.69) is 0 Å². The van der Waals surface area contributed by atoms with E-state index in [-0.39, 0.29) is 30.5 Å². The molecule has 1 aromatic carbocycles. The lowest BCUT2D eigenvalue weighted by Gasteiger charge is -2.23. The van der Waals surface area contributed by atoms with Gasteiger partial charge in [0.2, 0.25) is 12.3 Å². The molecule has 7 heteroatoms. The second-order valence-corrected chi connectivity index (χ2v) is 5.00. The maximum absolute atomic E-state index is 12.5. The lowest BCUT2D eigenvalue weighted by atomic mass is 10.1. The summed E-state index contributed by atoms with van der Waals surface area (Å²) in [5, 5.41) is 2.01. The van der Waals surface area contributed by atoms with Crippen molar-refractivity contribution in [3.8, 4) is 0 Å². The third kappa shape index (κ3) is 2.62. The van der Waals surface area contributed by atoms with E-state index in [4.69, 9.17) is 5.73 Å². The quantitative estimate of drug-likeness (QED) is 0.575. The number of nitrogens with zero attached hydrogens (tertiary/aromatic N) is 1. The third-order valence-corrected chi connectivity index (χ3v) is 3.60. The molecule has 1 aliphatic rings. The van der Waals surface area contributed by atoms with E-state index in [1.807, 2.05) is 12.2 Å². The molecule has 2 rings (SSSR count). The number of carbonyl (C=O) groups is 4. The zero-order valence-corrected chi connectivity index (χ0v) is 12.2. The smallest absolute Gasteiger partial charge is 0.262 e. The largest absolute Gasteiger partial charge is 0.326 e. The molecule has 0 aliphatic carbocycles. The Balaban J connectivity index is 2.40. The first-order valence-electron chi connectivity index (χ1n) is 7.00. The molecule has 0 fully saturated rings. The van der Waals surface area contributed by atoms with Gasteiger partial charge in [-0.2, -0.15) is 0 Å². The Morgan fingerprint density at radius 2 is 2.00 bits per heavy atom. The van der Waals surface area contributed by atoms with Crippen LogP contribution in [0.5, 0.6) is 0 Å². The van der Waals surface area contributed by atoms with Crippen LogP contribution in [0.25, 0.3) is 0 Å². The van der Waals surface area contributed by atoms with E-state index in [0.717, 1.165) is 10.5 Å². The van der Waals surface area contributed by atoms with Crippen molar-refractivity contribution in [1.82, 2.24) is 10.2 Å². The third-order valence-electron chi connectivity index (χ3n) is 3.60. The average molecular weight is 303 g/mol. The van der Waals surface area contributed by atoms with Gasteiger partial charge in [-0.25, -0.2) is 0 Å². The molecule has 0 aromatic heterocycles. The Labute approximate surface area is 127 Å². The monoisotopic (exact) mass is 303 g/mol. The molecule has 4 amide bonds. The summed E-state index contributed by atoms with van der Waals surface area (Å²) in [4.78, 5) is 48.3. The number of amides is 4. The number of nitrogens with two attached hydrogens (primary N) is 1. The molecule has 0 bridgehead atoms. The predicted molar refractivity (Wildman–Crippen MR) is 77.7 cm³/mol. The highest BCUT2D eigenvalue weighted by molar-refractivity contribution is 6.23. The molecule has 1 unspecified atom stereocenters. The van der Waals surface area contributed by atoms with Crippen molar-refractivity contribution in [1.29, 1.82) is 0 Å². The minimum Gasteiger partial charge on any atom is -0.326 e. The summed E-state index contributed by atoms with van der Waals surface area (Å²) in [6.45, 7) is 2.07. The maximum Gasteiger partial charge on any atom is 0.262 e. The van der Waals surface area contributed by atoms with Crippen LogP contribution in [-0.4, -0.2) is 35.1 Å². The number of imide groups is 2. The molecule has 0 saturated carbocycles. The van der Waals surface area contributed by atoms with Crippen molar-refractivity contribution in [3.05, 3.63) is 34.9 Å². The van der Waals surface area contributed by atoms with E-state index in [1.165, 1.54) is 0 Å². The van der Waals surface area contributed by atoms with Gasteiger partial charge in [0.25, 0.3) is 11.8 Å². The molecular weight excluding hydrogens is 286 g/mol. The lowest BCUT2D eigenvalue weighted by molar-refractivity contribution is -0.128. The predicted octanol–water partition coefficient (Wildman–Crippen LogP) is 0.183. The maximum atomic E-state index is 12.5. The Bertz CT molecular complexity index is 642. The Morgan fingerprint density at radius 1 is 1.32 bits per heavy atom. The number of benzene rings is 1. The molecule has 7 nitrogen and oxygen atoms in total. The van der Waals surface area contributed by atoms with E-state index in [9.17, 15) is 19.2 Å². The molecule has 0 saturated heterocycles. The first-order valence-corrected chi connectivity index (χ1v) is 7.00. The van der Waals surface area contributed by atoms with Gasteiger partial charge >= 0.3 is 0 Å². The number of rotatable bonds is 6. The normalized spacial score (nSPS) is 14.7. The Morgan fingerprint density at radius 3 is 2.59 bits per heavy atom. The highest BCUT2D eigenvalue weighted by atomic mass is 16.2. The average Bonchev–Trinajstić information content (AvgIpc) is 2.76. The number of fused-ring (bicyclic) bond motifs is 1. The minimum absolute atomic E-state index is 0.243. The molecule has 1 heterocycles. The van der Waals surface area contributed by atoms with Crippen LogP contribution >= 0.6 is 0 Å². The molecule has 0 spiro atoms. The zero-order chi connectivity index (χ0) is 16.3. The standard InChI is InChI=1S/C15H17N3O4/c1-2-3-12(13(20)17-8-19)18-14(21)10-5-4-9(7-16)6-11(10)15(18)22/h4-6,8,12H,2-3,7,16H2,1H3,(H,17,19,20). The van der Waals surface area contributed by atoms with Crippen molar-refractivity contribution in [2.75, 3.05) is 0 Å². The molecule has 1 aliphatic heterocycles.